The molecule has 1 rings (SSSR count). The van der Waals surface area contributed by atoms with E-state index in [2.05, 4.69) is 27.9 Å². The molecule has 1 aromatic heterocycles. The van der Waals surface area contributed by atoms with Crippen molar-refractivity contribution in [2.24, 2.45) is 0 Å². The fourth-order valence-electron chi connectivity index (χ4n) is 1.53. The summed E-state index contributed by atoms with van der Waals surface area (Å²) in [6.07, 6.45) is 0.490. The third kappa shape index (κ3) is 3.90. The van der Waals surface area contributed by atoms with E-state index in [1.807, 2.05) is 13.8 Å². The molecule has 0 aliphatic carbocycles. The Kier molecular flexibility index (Phi) is 4.89. The standard InChI is InChI=1S/C11H19N3OS/c1-7(5-11(15)12-4)13-8(2)10-6-16-9(3)14-10/h6-8,13H,5H2,1-4H3,(H,12,15). The molecular weight excluding hydrogens is 222 g/mol. The highest BCUT2D eigenvalue weighted by Gasteiger charge is 2.13. The first-order chi connectivity index (χ1) is 7.52. The Morgan fingerprint density at radius 2 is 2.25 bits per heavy atom. The zero-order valence-corrected chi connectivity index (χ0v) is 11.0. The summed E-state index contributed by atoms with van der Waals surface area (Å²) in [5.74, 6) is 0.0571. The van der Waals surface area contributed by atoms with Crippen LogP contribution in [0.4, 0.5) is 0 Å². The van der Waals surface area contributed by atoms with Gasteiger partial charge in [-0.05, 0) is 20.8 Å². The number of aromatic nitrogens is 1. The number of thiazole rings is 1. The van der Waals surface area contributed by atoms with E-state index < -0.39 is 0 Å². The van der Waals surface area contributed by atoms with Crippen molar-refractivity contribution < 1.29 is 4.79 Å². The van der Waals surface area contributed by atoms with Crippen LogP contribution in [0.3, 0.4) is 0 Å². The van der Waals surface area contributed by atoms with Gasteiger partial charge in [-0.25, -0.2) is 4.98 Å². The van der Waals surface area contributed by atoms with E-state index in [1.54, 1.807) is 18.4 Å². The van der Waals surface area contributed by atoms with E-state index in [1.165, 1.54) is 0 Å². The van der Waals surface area contributed by atoms with Gasteiger partial charge in [-0.1, -0.05) is 0 Å². The molecule has 16 heavy (non-hydrogen) atoms. The maximum Gasteiger partial charge on any atom is 0.221 e. The summed E-state index contributed by atoms with van der Waals surface area (Å²) >= 11 is 1.65. The maximum absolute atomic E-state index is 11.2. The molecule has 0 spiro atoms. The molecule has 2 N–H and O–H groups in total. The summed E-state index contributed by atoms with van der Waals surface area (Å²) in [5.41, 5.74) is 1.05. The molecule has 0 bridgehead atoms. The SMILES string of the molecule is CNC(=O)CC(C)NC(C)c1csc(C)n1. The minimum Gasteiger partial charge on any atom is -0.359 e. The highest BCUT2D eigenvalue weighted by molar-refractivity contribution is 7.09. The Morgan fingerprint density at radius 1 is 1.56 bits per heavy atom. The Labute approximate surface area is 100 Å². The Morgan fingerprint density at radius 3 is 2.75 bits per heavy atom. The van der Waals surface area contributed by atoms with Gasteiger partial charge >= 0.3 is 0 Å². The number of aryl methyl sites for hydroxylation is 1. The van der Waals surface area contributed by atoms with Crippen LogP contribution in [0, 0.1) is 6.92 Å². The summed E-state index contributed by atoms with van der Waals surface area (Å²) in [4.78, 5) is 15.6. The molecule has 0 aliphatic heterocycles. The van der Waals surface area contributed by atoms with E-state index in [0.29, 0.717) is 6.42 Å². The second-order valence-electron chi connectivity index (χ2n) is 3.96. The van der Waals surface area contributed by atoms with E-state index in [4.69, 9.17) is 0 Å². The van der Waals surface area contributed by atoms with Crippen LogP contribution in [0.5, 0.6) is 0 Å². The summed E-state index contributed by atoms with van der Waals surface area (Å²) in [6.45, 7) is 6.06. The molecular formula is C11H19N3OS. The van der Waals surface area contributed by atoms with Crippen LogP contribution in [-0.2, 0) is 4.79 Å². The highest BCUT2D eigenvalue weighted by atomic mass is 32.1. The van der Waals surface area contributed by atoms with Crippen LogP contribution in [0.1, 0.15) is 37.0 Å². The molecule has 0 saturated carbocycles. The summed E-state index contributed by atoms with van der Waals surface area (Å²) in [5, 5.41) is 9.11. The number of carbonyl (C=O) groups is 1. The summed E-state index contributed by atoms with van der Waals surface area (Å²) < 4.78 is 0. The lowest BCUT2D eigenvalue weighted by Gasteiger charge is -2.17. The van der Waals surface area contributed by atoms with Crippen molar-refractivity contribution in [1.29, 1.82) is 0 Å². The van der Waals surface area contributed by atoms with Gasteiger partial charge in [-0.15, -0.1) is 11.3 Å². The average Bonchev–Trinajstić information content (AvgIpc) is 2.64. The van der Waals surface area contributed by atoms with E-state index >= 15 is 0 Å². The van der Waals surface area contributed by atoms with Crippen molar-refractivity contribution in [3.8, 4) is 0 Å². The second kappa shape index (κ2) is 5.96. The van der Waals surface area contributed by atoms with Crippen LogP contribution >= 0.6 is 11.3 Å². The number of carbonyl (C=O) groups excluding carboxylic acids is 1. The molecule has 0 aliphatic rings. The average molecular weight is 241 g/mol. The number of nitrogens with one attached hydrogen (secondary N) is 2. The second-order valence-corrected chi connectivity index (χ2v) is 5.02. The molecule has 2 unspecified atom stereocenters. The lowest BCUT2D eigenvalue weighted by molar-refractivity contribution is -0.121. The smallest absolute Gasteiger partial charge is 0.221 e. The molecule has 5 heteroatoms. The van der Waals surface area contributed by atoms with Crippen LogP contribution < -0.4 is 10.6 Å². The molecule has 90 valence electrons. The van der Waals surface area contributed by atoms with Crippen LogP contribution in [0.25, 0.3) is 0 Å². The first-order valence-electron chi connectivity index (χ1n) is 5.41. The van der Waals surface area contributed by atoms with Gasteiger partial charge in [0.2, 0.25) is 5.91 Å². The van der Waals surface area contributed by atoms with Crippen molar-refractivity contribution in [2.75, 3.05) is 7.05 Å². The summed E-state index contributed by atoms with van der Waals surface area (Å²) in [6, 6.07) is 0.335. The third-order valence-electron chi connectivity index (χ3n) is 2.39. The van der Waals surface area contributed by atoms with Crippen molar-refractivity contribution in [3.05, 3.63) is 16.1 Å². The van der Waals surface area contributed by atoms with Crippen molar-refractivity contribution in [1.82, 2.24) is 15.6 Å². The molecule has 0 aromatic carbocycles. The Bertz CT molecular complexity index is 351. The largest absolute Gasteiger partial charge is 0.359 e. The number of nitrogens with zero attached hydrogens (tertiary/aromatic N) is 1. The topological polar surface area (TPSA) is 54.0 Å². The zero-order chi connectivity index (χ0) is 12.1. The van der Waals surface area contributed by atoms with Gasteiger partial charge in [0.15, 0.2) is 0 Å². The van der Waals surface area contributed by atoms with E-state index in [9.17, 15) is 4.79 Å². The van der Waals surface area contributed by atoms with Gasteiger partial charge < -0.3 is 10.6 Å². The van der Waals surface area contributed by atoms with Gasteiger partial charge in [0.05, 0.1) is 10.7 Å². The number of rotatable bonds is 5. The molecule has 1 amide bonds. The van der Waals surface area contributed by atoms with E-state index in [-0.39, 0.29) is 18.0 Å². The fourth-order valence-corrected chi connectivity index (χ4v) is 2.24. The Balaban J connectivity index is 2.45. The molecule has 4 nitrogen and oxygen atoms in total. The van der Waals surface area contributed by atoms with Crippen molar-refractivity contribution in [3.63, 3.8) is 0 Å². The minimum atomic E-state index is 0.0571. The normalized spacial score (nSPS) is 14.5. The predicted octanol–water partition coefficient (Wildman–Crippen LogP) is 1.63. The highest BCUT2D eigenvalue weighted by Crippen LogP contribution is 2.16. The van der Waals surface area contributed by atoms with Gasteiger partial charge in [0.25, 0.3) is 0 Å². The monoisotopic (exact) mass is 241 g/mol. The summed E-state index contributed by atoms with van der Waals surface area (Å²) in [7, 11) is 1.66. The first kappa shape index (κ1) is 13.1. The van der Waals surface area contributed by atoms with Crippen LogP contribution in [0.15, 0.2) is 5.38 Å². The Hall–Kier alpha value is -0.940. The minimum absolute atomic E-state index is 0.0571. The maximum atomic E-state index is 11.2. The lowest BCUT2D eigenvalue weighted by atomic mass is 10.1. The van der Waals surface area contributed by atoms with Gasteiger partial charge in [-0.2, -0.15) is 0 Å². The molecule has 2 atom stereocenters. The quantitative estimate of drug-likeness (QED) is 0.824. The van der Waals surface area contributed by atoms with Gasteiger partial charge in [0, 0.05) is 30.9 Å². The number of hydrogen-bond donors (Lipinski definition) is 2. The van der Waals surface area contributed by atoms with Crippen molar-refractivity contribution >= 4 is 17.2 Å². The lowest BCUT2D eigenvalue weighted by Crippen LogP contribution is -2.34. The fraction of sp³-hybridized carbons (Fsp3) is 0.636. The molecule has 0 radical (unpaired) electrons. The molecule has 0 saturated heterocycles. The molecule has 1 aromatic rings. The van der Waals surface area contributed by atoms with Gasteiger partial charge in [0.1, 0.15) is 0 Å². The van der Waals surface area contributed by atoms with Gasteiger partial charge in [-0.3, -0.25) is 4.79 Å². The van der Waals surface area contributed by atoms with Crippen molar-refractivity contribution in [2.45, 2.75) is 39.3 Å². The number of amides is 1. The first-order valence-corrected chi connectivity index (χ1v) is 6.29. The van der Waals surface area contributed by atoms with E-state index in [0.717, 1.165) is 10.7 Å². The van der Waals surface area contributed by atoms with Crippen LogP contribution in [-0.4, -0.2) is 24.0 Å². The zero-order valence-electron chi connectivity index (χ0n) is 10.2. The third-order valence-corrected chi connectivity index (χ3v) is 3.18. The molecule has 0 fully saturated rings. The van der Waals surface area contributed by atoms with Crippen LogP contribution in [0.2, 0.25) is 0 Å². The molecule has 1 heterocycles. The number of hydrogen-bond acceptors (Lipinski definition) is 4. The predicted molar refractivity (Wildman–Crippen MR) is 66.5 cm³/mol.